The fraction of sp³-hybridized carbons (Fsp3) is 0.263. The average Bonchev–Trinajstić information content (AvgIpc) is 3.15. The number of nitrogens with one attached hydrogen (secondary N) is 1. The Morgan fingerprint density at radius 3 is 2.32 bits per heavy atom. The number of rotatable bonds is 4. The molecule has 1 aliphatic rings. The minimum Gasteiger partial charge on any atom is -0.337 e. The van der Waals surface area contributed by atoms with E-state index in [0.717, 1.165) is 24.0 Å². The van der Waals surface area contributed by atoms with Gasteiger partial charge < -0.3 is 10.2 Å². The van der Waals surface area contributed by atoms with E-state index in [9.17, 15) is 9.59 Å². The molecule has 6 heteroatoms. The third kappa shape index (κ3) is 4.29. The second-order valence-electron chi connectivity index (χ2n) is 5.94. The maximum absolute atomic E-state index is 12.9. The molecule has 0 bridgehead atoms. The van der Waals surface area contributed by atoms with Crippen LogP contribution in [-0.4, -0.2) is 42.8 Å². The number of likely N-dealkylation sites (N-methyl/N-ethyl adjacent to an activating group) is 1. The first-order valence-electron chi connectivity index (χ1n) is 7.95. The quantitative estimate of drug-likeness (QED) is 0.765. The van der Waals surface area contributed by atoms with Gasteiger partial charge in [-0.1, -0.05) is 34.1 Å². The lowest BCUT2D eigenvalue weighted by Crippen LogP contribution is -2.39. The molecule has 1 amide bonds. The van der Waals surface area contributed by atoms with Gasteiger partial charge in [-0.25, -0.2) is 0 Å². The Kier molecular flexibility index (Phi) is 6.76. The molecule has 0 aromatic heterocycles. The van der Waals surface area contributed by atoms with Crippen LogP contribution in [-0.2, 0) is 0 Å². The average molecular weight is 424 g/mol. The summed E-state index contributed by atoms with van der Waals surface area (Å²) in [6, 6.07) is 14.4. The maximum atomic E-state index is 12.9. The van der Waals surface area contributed by atoms with Gasteiger partial charge in [-0.15, -0.1) is 12.4 Å². The van der Waals surface area contributed by atoms with Gasteiger partial charge in [-0.2, -0.15) is 0 Å². The predicted molar refractivity (Wildman–Crippen MR) is 105 cm³/mol. The predicted octanol–water partition coefficient (Wildman–Crippen LogP) is 3.54. The fourth-order valence-electron chi connectivity index (χ4n) is 2.95. The Hall–Kier alpha value is -1.69. The van der Waals surface area contributed by atoms with Gasteiger partial charge in [-0.05, 0) is 43.3 Å². The summed E-state index contributed by atoms with van der Waals surface area (Å²) in [5, 5.41) is 3.26. The van der Waals surface area contributed by atoms with Crippen LogP contribution >= 0.6 is 28.3 Å². The zero-order valence-electron chi connectivity index (χ0n) is 13.9. The Labute approximate surface area is 162 Å². The second-order valence-corrected chi connectivity index (χ2v) is 6.86. The van der Waals surface area contributed by atoms with Gasteiger partial charge in [-0.3, -0.25) is 9.59 Å². The van der Waals surface area contributed by atoms with Crippen LogP contribution in [0.4, 0.5) is 0 Å². The highest BCUT2D eigenvalue weighted by molar-refractivity contribution is 9.10. The highest BCUT2D eigenvalue weighted by Crippen LogP contribution is 2.20. The Morgan fingerprint density at radius 1 is 1.08 bits per heavy atom. The van der Waals surface area contributed by atoms with Crippen LogP contribution in [0.25, 0.3) is 0 Å². The normalized spacial score (nSPS) is 16.2. The number of hydrogen-bond donors (Lipinski definition) is 1. The molecule has 1 heterocycles. The second kappa shape index (κ2) is 8.61. The van der Waals surface area contributed by atoms with Crippen LogP contribution in [0.2, 0.25) is 0 Å². The zero-order chi connectivity index (χ0) is 17.1. The molecule has 1 N–H and O–H groups in total. The number of carbonyl (C=O) groups is 2. The third-order valence-electron chi connectivity index (χ3n) is 4.41. The molecular formula is C19H20BrClN2O2. The van der Waals surface area contributed by atoms with Crippen molar-refractivity contribution in [1.29, 1.82) is 0 Å². The van der Waals surface area contributed by atoms with Crippen LogP contribution in [0.5, 0.6) is 0 Å². The molecule has 0 saturated carbocycles. The van der Waals surface area contributed by atoms with E-state index >= 15 is 0 Å². The highest BCUT2D eigenvalue weighted by Gasteiger charge is 2.26. The van der Waals surface area contributed by atoms with E-state index in [0.29, 0.717) is 16.7 Å². The van der Waals surface area contributed by atoms with Crippen molar-refractivity contribution in [3.8, 4) is 0 Å². The lowest BCUT2D eigenvalue weighted by molar-refractivity contribution is 0.0739. The van der Waals surface area contributed by atoms with E-state index in [-0.39, 0.29) is 30.1 Å². The van der Waals surface area contributed by atoms with Gasteiger partial charge in [0.25, 0.3) is 5.91 Å². The van der Waals surface area contributed by atoms with E-state index in [1.807, 2.05) is 12.1 Å². The summed E-state index contributed by atoms with van der Waals surface area (Å²) < 4.78 is 0.914. The molecule has 1 atom stereocenters. The summed E-state index contributed by atoms with van der Waals surface area (Å²) in [4.78, 5) is 27.5. The molecule has 2 aromatic carbocycles. The topological polar surface area (TPSA) is 49.4 Å². The number of nitrogens with zero attached hydrogens (tertiary/aromatic N) is 1. The molecule has 2 aromatic rings. The van der Waals surface area contributed by atoms with Crippen LogP contribution in [0.3, 0.4) is 0 Å². The molecular weight excluding hydrogens is 404 g/mol. The van der Waals surface area contributed by atoms with Crippen molar-refractivity contribution in [3.05, 3.63) is 69.7 Å². The SMILES string of the molecule is CN(C(=O)c1ccccc1C(=O)c1ccc(Br)cc1)C1CCNC1.Cl. The van der Waals surface area contributed by atoms with E-state index in [4.69, 9.17) is 0 Å². The highest BCUT2D eigenvalue weighted by atomic mass is 79.9. The number of ketones is 1. The zero-order valence-corrected chi connectivity index (χ0v) is 16.3. The minimum absolute atomic E-state index is 0. The summed E-state index contributed by atoms with van der Waals surface area (Å²) >= 11 is 3.37. The summed E-state index contributed by atoms with van der Waals surface area (Å²) in [5.74, 6) is -0.242. The van der Waals surface area contributed by atoms with Gasteiger partial charge in [0.05, 0.1) is 5.56 Å². The minimum atomic E-state index is -0.135. The molecule has 25 heavy (non-hydrogen) atoms. The van der Waals surface area contributed by atoms with E-state index in [1.54, 1.807) is 48.3 Å². The van der Waals surface area contributed by atoms with Gasteiger partial charge in [0.15, 0.2) is 5.78 Å². The van der Waals surface area contributed by atoms with Crippen LogP contribution in [0.15, 0.2) is 53.0 Å². The number of amides is 1. The third-order valence-corrected chi connectivity index (χ3v) is 4.94. The molecule has 132 valence electrons. The van der Waals surface area contributed by atoms with Crippen LogP contribution < -0.4 is 5.32 Å². The van der Waals surface area contributed by atoms with Crippen molar-refractivity contribution in [1.82, 2.24) is 10.2 Å². The molecule has 0 spiro atoms. The van der Waals surface area contributed by atoms with Crippen molar-refractivity contribution < 1.29 is 9.59 Å². The van der Waals surface area contributed by atoms with Gasteiger partial charge in [0.1, 0.15) is 0 Å². The van der Waals surface area contributed by atoms with Gasteiger partial charge in [0.2, 0.25) is 0 Å². The summed E-state index contributed by atoms with van der Waals surface area (Å²) in [7, 11) is 1.81. The largest absolute Gasteiger partial charge is 0.337 e. The number of hydrogen-bond acceptors (Lipinski definition) is 3. The van der Waals surface area contributed by atoms with Gasteiger partial charge in [0, 0.05) is 35.2 Å². The van der Waals surface area contributed by atoms with E-state index < -0.39 is 0 Å². The Morgan fingerprint density at radius 2 is 1.72 bits per heavy atom. The maximum Gasteiger partial charge on any atom is 0.254 e. The fourth-order valence-corrected chi connectivity index (χ4v) is 3.21. The molecule has 1 fully saturated rings. The molecule has 1 saturated heterocycles. The Balaban J connectivity index is 0.00000225. The van der Waals surface area contributed by atoms with Gasteiger partial charge >= 0.3 is 0 Å². The summed E-state index contributed by atoms with van der Waals surface area (Å²) in [6.45, 7) is 1.72. The first-order chi connectivity index (χ1) is 11.6. The molecule has 0 aliphatic carbocycles. The smallest absolute Gasteiger partial charge is 0.254 e. The summed E-state index contributed by atoms with van der Waals surface area (Å²) in [6.07, 6.45) is 0.936. The molecule has 1 unspecified atom stereocenters. The monoisotopic (exact) mass is 422 g/mol. The van der Waals surface area contributed by atoms with E-state index in [2.05, 4.69) is 21.2 Å². The standard InChI is InChI=1S/C19H19BrN2O2.ClH/c1-22(15-10-11-21-12-15)19(24)17-5-3-2-4-16(17)18(23)13-6-8-14(20)9-7-13;/h2-9,15,21H,10-12H2,1H3;1H. The number of halogens is 2. The van der Waals surface area contributed by atoms with Crippen LogP contribution in [0, 0.1) is 0 Å². The lowest BCUT2D eigenvalue weighted by atomic mass is 9.97. The van der Waals surface area contributed by atoms with Crippen molar-refractivity contribution in [3.63, 3.8) is 0 Å². The summed E-state index contributed by atoms with van der Waals surface area (Å²) in [5.41, 5.74) is 1.48. The first-order valence-corrected chi connectivity index (χ1v) is 8.74. The Bertz CT molecular complexity index is 758. The first kappa shape index (κ1) is 19.6. The van der Waals surface area contributed by atoms with E-state index in [1.165, 1.54) is 0 Å². The van der Waals surface area contributed by atoms with Crippen molar-refractivity contribution in [2.45, 2.75) is 12.5 Å². The lowest BCUT2D eigenvalue weighted by Gasteiger charge is -2.24. The van der Waals surface area contributed by atoms with Crippen molar-refractivity contribution in [2.24, 2.45) is 0 Å². The number of benzene rings is 2. The molecule has 0 radical (unpaired) electrons. The molecule has 3 rings (SSSR count). The van der Waals surface area contributed by atoms with Crippen molar-refractivity contribution in [2.75, 3.05) is 20.1 Å². The number of carbonyl (C=O) groups excluding carboxylic acids is 2. The molecule has 4 nitrogen and oxygen atoms in total. The van der Waals surface area contributed by atoms with Crippen LogP contribution in [0.1, 0.15) is 32.7 Å². The molecule has 1 aliphatic heterocycles. The van der Waals surface area contributed by atoms with Crippen molar-refractivity contribution >= 4 is 40.0 Å².